The van der Waals surface area contributed by atoms with E-state index in [4.69, 9.17) is 9.63 Å². The molecule has 0 aliphatic heterocycles. The average molecular weight is 512 g/mol. The summed E-state index contributed by atoms with van der Waals surface area (Å²) in [7, 11) is 0. The van der Waals surface area contributed by atoms with Crippen LogP contribution in [-0.4, -0.2) is 39.0 Å². The van der Waals surface area contributed by atoms with E-state index in [1.165, 1.54) is 19.1 Å². The number of alkyl halides is 3. The molecule has 192 valence electrons. The van der Waals surface area contributed by atoms with E-state index in [2.05, 4.69) is 15.5 Å². The lowest BCUT2D eigenvalue weighted by Crippen LogP contribution is -2.38. The number of aryl methyl sites for hydroxylation is 1. The summed E-state index contributed by atoms with van der Waals surface area (Å²) in [5.74, 6) is -0.938. The first-order valence-electron chi connectivity index (χ1n) is 11.4. The number of aromatic nitrogens is 2. The van der Waals surface area contributed by atoms with Crippen LogP contribution in [0, 0.1) is 6.92 Å². The Kier molecular flexibility index (Phi) is 7.42. The predicted octanol–water partition coefficient (Wildman–Crippen LogP) is 5.49. The number of carbonyl (C=O) groups is 1. The lowest BCUT2D eigenvalue weighted by atomic mass is 9.94. The molecular weight excluding hydrogens is 487 g/mol. The van der Waals surface area contributed by atoms with Gasteiger partial charge in [-0.2, -0.15) is 18.2 Å². The first-order chi connectivity index (χ1) is 17.6. The van der Waals surface area contributed by atoms with Crippen LogP contribution in [0.15, 0.2) is 71.3 Å². The molecule has 0 saturated heterocycles. The number of aliphatic hydroxyl groups is 1. The number of aliphatic carboxylic acids is 1. The van der Waals surface area contributed by atoms with Gasteiger partial charge in [-0.1, -0.05) is 59.8 Å². The van der Waals surface area contributed by atoms with E-state index in [9.17, 15) is 23.1 Å². The molecule has 37 heavy (non-hydrogen) atoms. The van der Waals surface area contributed by atoms with Gasteiger partial charge in [0.15, 0.2) is 0 Å². The minimum Gasteiger partial charge on any atom is -0.480 e. The maximum Gasteiger partial charge on any atom is 0.417 e. The van der Waals surface area contributed by atoms with E-state index < -0.39 is 29.8 Å². The van der Waals surface area contributed by atoms with Gasteiger partial charge in [0, 0.05) is 11.1 Å². The van der Waals surface area contributed by atoms with Crippen molar-refractivity contribution in [1.82, 2.24) is 15.5 Å². The SMILES string of the molecule is Cc1ccccc1-c1ccc(-c2nc(-c3ccc([C@H](CO)N[C@H](C)C(=O)O)cc3)no2)cc1C(F)(F)F. The molecule has 0 fully saturated rings. The second kappa shape index (κ2) is 10.5. The summed E-state index contributed by atoms with van der Waals surface area (Å²) in [5, 5.41) is 25.4. The zero-order valence-corrected chi connectivity index (χ0v) is 20.0. The zero-order valence-electron chi connectivity index (χ0n) is 20.0. The summed E-state index contributed by atoms with van der Waals surface area (Å²) < 4.78 is 47.2. The first-order valence-corrected chi connectivity index (χ1v) is 11.4. The van der Waals surface area contributed by atoms with Crippen molar-refractivity contribution in [3.63, 3.8) is 0 Å². The van der Waals surface area contributed by atoms with Crippen molar-refractivity contribution in [2.75, 3.05) is 6.61 Å². The van der Waals surface area contributed by atoms with E-state index in [1.54, 1.807) is 55.5 Å². The quantitative estimate of drug-likeness (QED) is 0.287. The fraction of sp³-hybridized carbons (Fsp3) is 0.222. The third-order valence-electron chi connectivity index (χ3n) is 6.01. The Morgan fingerprint density at radius 3 is 2.32 bits per heavy atom. The predicted molar refractivity (Wildman–Crippen MR) is 130 cm³/mol. The minimum atomic E-state index is -4.60. The molecule has 0 unspecified atom stereocenters. The largest absolute Gasteiger partial charge is 0.480 e. The Morgan fingerprint density at radius 2 is 1.70 bits per heavy atom. The third-order valence-corrected chi connectivity index (χ3v) is 6.01. The van der Waals surface area contributed by atoms with Gasteiger partial charge in [0.2, 0.25) is 5.82 Å². The Bertz CT molecular complexity index is 1400. The van der Waals surface area contributed by atoms with Crippen molar-refractivity contribution >= 4 is 5.97 Å². The Balaban J connectivity index is 1.62. The highest BCUT2D eigenvalue weighted by Gasteiger charge is 2.34. The highest BCUT2D eigenvalue weighted by atomic mass is 19.4. The van der Waals surface area contributed by atoms with Crippen molar-refractivity contribution in [2.24, 2.45) is 0 Å². The molecule has 0 radical (unpaired) electrons. The lowest BCUT2D eigenvalue weighted by molar-refractivity contribution is -0.139. The molecule has 4 rings (SSSR count). The van der Waals surface area contributed by atoms with Crippen molar-refractivity contribution in [3.8, 4) is 34.0 Å². The monoisotopic (exact) mass is 511 g/mol. The standard InChI is InChI=1S/C27H24F3N3O4/c1-15-5-3-4-6-20(15)21-12-11-19(13-22(21)27(28,29)30)25-32-24(33-37-25)18-9-7-17(8-10-18)23(14-34)31-16(2)26(35)36/h3-13,16,23,31,34H,14H2,1-2H3,(H,35,36)/t16-,23+/m1/s1. The number of nitrogens with one attached hydrogen (secondary N) is 1. The van der Waals surface area contributed by atoms with Gasteiger partial charge >= 0.3 is 12.1 Å². The van der Waals surface area contributed by atoms with Gasteiger partial charge in [-0.05, 0) is 48.2 Å². The fourth-order valence-electron chi connectivity index (χ4n) is 3.97. The summed E-state index contributed by atoms with van der Waals surface area (Å²) in [6, 6.07) is 16.0. The Morgan fingerprint density at radius 1 is 1.03 bits per heavy atom. The molecule has 0 amide bonds. The van der Waals surface area contributed by atoms with Gasteiger partial charge in [-0.25, -0.2) is 0 Å². The molecule has 7 nitrogen and oxygen atoms in total. The first kappa shape index (κ1) is 26.1. The number of carboxylic acid groups (broad SMARTS) is 1. The maximum absolute atomic E-state index is 14.0. The lowest BCUT2D eigenvalue weighted by Gasteiger charge is -2.19. The van der Waals surface area contributed by atoms with Crippen LogP contribution in [0.25, 0.3) is 34.0 Å². The summed E-state index contributed by atoms with van der Waals surface area (Å²) in [4.78, 5) is 15.4. The molecule has 0 aliphatic rings. The topological polar surface area (TPSA) is 108 Å². The number of aliphatic hydroxyl groups excluding tert-OH is 1. The van der Waals surface area contributed by atoms with Gasteiger partial charge in [-0.15, -0.1) is 0 Å². The number of carboxylic acids is 1. The number of benzene rings is 3. The molecule has 0 saturated carbocycles. The second-order valence-corrected chi connectivity index (χ2v) is 8.58. The van der Waals surface area contributed by atoms with E-state index in [-0.39, 0.29) is 29.4 Å². The highest BCUT2D eigenvalue weighted by Crippen LogP contribution is 2.40. The van der Waals surface area contributed by atoms with Crippen LogP contribution in [0.1, 0.15) is 29.7 Å². The van der Waals surface area contributed by atoms with Crippen LogP contribution in [0.5, 0.6) is 0 Å². The van der Waals surface area contributed by atoms with Crippen LogP contribution in [-0.2, 0) is 11.0 Å². The van der Waals surface area contributed by atoms with E-state index in [0.29, 0.717) is 16.7 Å². The second-order valence-electron chi connectivity index (χ2n) is 8.58. The van der Waals surface area contributed by atoms with Crippen molar-refractivity contribution < 1.29 is 32.7 Å². The molecule has 2 atom stereocenters. The molecule has 0 spiro atoms. The normalized spacial score (nSPS) is 13.4. The molecule has 0 bridgehead atoms. The van der Waals surface area contributed by atoms with Gasteiger partial charge < -0.3 is 14.7 Å². The van der Waals surface area contributed by atoms with Gasteiger partial charge in [0.05, 0.1) is 18.2 Å². The summed E-state index contributed by atoms with van der Waals surface area (Å²) in [6.07, 6.45) is -4.60. The number of rotatable bonds is 8. The molecule has 3 aromatic carbocycles. The Labute approximate surface area is 210 Å². The number of hydrogen-bond acceptors (Lipinski definition) is 6. The fourth-order valence-corrected chi connectivity index (χ4v) is 3.97. The van der Waals surface area contributed by atoms with Crippen LogP contribution >= 0.6 is 0 Å². The molecular formula is C27H24F3N3O4. The van der Waals surface area contributed by atoms with Crippen molar-refractivity contribution in [1.29, 1.82) is 0 Å². The molecule has 1 heterocycles. The number of hydrogen-bond donors (Lipinski definition) is 3. The smallest absolute Gasteiger partial charge is 0.417 e. The highest BCUT2D eigenvalue weighted by molar-refractivity contribution is 5.75. The zero-order chi connectivity index (χ0) is 26.7. The minimum absolute atomic E-state index is 0.0638. The maximum atomic E-state index is 14.0. The van der Waals surface area contributed by atoms with Gasteiger partial charge in [0.25, 0.3) is 5.89 Å². The van der Waals surface area contributed by atoms with Crippen molar-refractivity contribution in [2.45, 2.75) is 32.1 Å². The third kappa shape index (κ3) is 5.71. The molecule has 3 N–H and O–H groups in total. The molecule has 10 heteroatoms. The summed E-state index contributed by atoms with van der Waals surface area (Å²) in [5.41, 5.74) is 1.78. The van der Waals surface area contributed by atoms with E-state index in [1.807, 2.05) is 0 Å². The number of nitrogens with zero attached hydrogens (tertiary/aromatic N) is 2. The van der Waals surface area contributed by atoms with E-state index in [0.717, 1.165) is 11.6 Å². The summed E-state index contributed by atoms with van der Waals surface area (Å²) >= 11 is 0. The van der Waals surface area contributed by atoms with E-state index >= 15 is 0 Å². The molecule has 4 aromatic rings. The van der Waals surface area contributed by atoms with Gasteiger partial charge in [-0.3, -0.25) is 10.1 Å². The number of halogens is 3. The van der Waals surface area contributed by atoms with Crippen LogP contribution < -0.4 is 5.32 Å². The van der Waals surface area contributed by atoms with Gasteiger partial charge in [0.1, 0.15) is 6.04 Å². The summed E-state index contributed by atoms with van der Waals surface area (Å²) in [6.45, 7) is 2.91. The molecule has 0 aliphatic carbocycles. The van der Waals surface area contributed by atoms with Crippen LogP contribution in [0.4, 0.5) is 13.2 Å². The van der Waals surface area contributed by atoms with Crippen LogP contribution in [0.2, 0.25) is 0 Å². The van der Waals surface area contributed by atoms with Crippen molar-refractivity contribution in [3.05, 3.63) is 83.4 Å². The molecule has 1 aromatic heterocycles. The van der Waals surface area contributed by atoms with Crippen LogP contribution in [0.3, 0.4) is 0 Å². The average Bonchev–Trinajstić information content (AvgIpc) is 3.37. The Hall–Kier alpha value is -4.02.